The van der Waals surface area contributed by atoms with E-state index < -0.39 is 83.5 Å². The summed E-state index contributed by atoms with van der Waals surface area (Å²) in [6, 6.07) is 0. The maximum Gasteiger partial charge on any atom is 0.472 e. The second-order valence-electron chi connectivity index (χ2n) is 16.3. The molecule has 4 unspecified atom stereocenters. The van der Waals surface area contributed by atoms with Crippen LogP contribution in [0.4, 0.5) is 0 Å². The smallest absolute Gasteiger partial charge is 0.462 e. The third-order valence-corrected chi connectivity index (χ3v) is 12.3. The van der Waals surface area contributed by atoms with Gasteiger partial charge in [-0.15, -0.1) is 0 Å². The molecule has 0 saturated heterocycles. The first-order chi connectivity index (χ1) is 28.6. The zero-order valence-corrected chi connectivity index (χ0v) is 38.0. The van der Waals surface area contributed by atoms with Crippen molar-refractivity contribution in [1.29, 1.82) is 0 Å². The maximum atomic E-state index is 12.9. The standard InChI is InChI=1S/C41H81NO16P2/c1-2-3-4-5-6-7-8-10-14-17-20-23-26-29-35(44)56-33(31-54-34(43)28-25-22-19-16-13-11-9-12-15-18-21-24-27-30-42)32-55-60(52,53)58-41-38(47)36(45)37(46)40(39(41)48)57-59(49,50)51/h33,36-41,45-48H,2-32,42H2,1H3,(H,52,53)(H2,49,50,51)/t33-,36-,37?,38-,39?,40+,41?/m1/s1. The highest BCUT2D eigenvalue weighted by Crippen LogP contribution is 2.49. The number of phosphoric acid groups is 2. The topological polar surface area (TPSA) is 282 Å². The predicted molar refractivity (Wildman–Crippen MR) is 226 cm³/mol. The Balaban J connectivity index is 2.60. The second kappa shape index (κ2) is 34.4. The third-order valence-electron chi connectivity index (χ3n) is 10.8. The molecule has 1 saturated carbocycles. The number of unbranched alkanes of at least 4 members (excludes halogenated alkanes) is 24. The van der Waals surface area contributed by atoms with Crippen LogP contribution in [-0.4, -0.2) is 110 Å². The first-order valence-corrected chi connectivity index (χ1v) is 25.8. The Labute approximate surface area is 358 Å². The monoisotopic (exact) mass is 906 g/mol. The van der Waals surface area contributed by atoms with Crippen molar-refractivity contribution in [2.75, 3.05) is 19.8 Å². The Morgan fingerprint density at radius 2 is 0.900 bits per heavy atom. The highest BCUT2D eigenvalue weighted by molar-refractivity contribution is 7.47. The van der Waals surface area contributed by atoms with Gasteiger partial charge in [0.1, 0.15) is 43.2 Å². The number of aliphatic hydroxyl groups excluding tert-OH is 4. The molecule has 0 radical (unpaired) electrons. The summed E-state index contributed by atoms with van der Waals surface area (Å²) in [6.07, 6.45) is 14.4. The minimum Gasteiger partial charge on any atom is -0.462 e. The van der Waals surface area contributed by atoms with Crippen LogP contribution in [0.25, 0.3) is 0 Å². The van der Waals surface area contributed by atoms with Gasteiger partial charge in [-0.3, -0.25) is 23.2 Å². The van der Waals surface area contributed by atoms with Crippen molar-refractivity contribution in [2.45, 2.75) is 229 Å². The van der Waals surface area contributed by atoms with E-state index in [1.165, 1.54) is 96.3 Å². The summed E-state index contributed by atoms with van der Waals surface area (Å²) in [4.78, 5) is 54.1. The summed E-state index contributed by atoms with van der Waals surface area (Å²) in [6.45, 7) is 1.64. The molecule has 17 nitrogen and oxygen atoms in total. The predicted octanol–water partition coefficient (Wildman–Crippen LogP) is 6.78. The fourth-order valence-electron chi connectivity index (χ4n) is 7.22. The zero-order chi connectivity index (χ0) is 44.7. The molecule has 0 aliphatic heterocycles. The second-order valence-corrected chi connectivity index (χ2v) is 18.9. The molecule has 0 bridgehead atoms. The molecule has 1 aliphatic carbocycles. The van der Waals surface area contributed by atoms with Crippen molar-refractivity contribution in [3.63, 3.8) is 0 Å². The van der Waals surface area contributed by atoms with Crippen LogP contribution in [0.15, 0.2) is 0 Å². The molecular weight excluding hydrogens is 824 g/mol. The van der Waals surface area contributed by atoms with Crippen LogP contribution < -0.4 is 5.73 Å². The Bertz CT molecular complexity index is 1200. The molecular formula is C41H81NO16P2. The van der Waals surface area contributed by atoms with E-state index in [-0.39, 0.29) is 12.8 Å². The Morgan fingerprint density at radius 1 is 0.517 bits per heavy atom. The lowest BCUT2D eigenvalue weighted by molar-refractivity contribution is -0.216. The first kappa shape index (κ1) is 57.0. The van der Waals surface area contributed by atoms with Gasteiger partial charge in [0, 0.05) is 12.8 Å². The van der Waals surface area contributed by atoms with Crippen molar-refractivity contribution in [3.05, 3.63) is 0 Å². The number of aliphatic hydroxyl groups is 4. The Kier molecular flexibility index (Phi) is 32.6. The van der Waals surface area contributed by atoms with Gasteiger partial charge >= 0.3 is 27.6 Å². The maximum absolute atomic E-state index is 12.9. The van der Waals surface area contributed by atoms with E-state index in [1.807, 2.05) is 0 Å². The summed E-state index contributed by atoms with van der Waals surface area (Å²) in [5.74, 6) is -1.20. The van der Waals surface area contributed by atoms with E-state index in [0.29, 0.717) is 12.8 Å². The zero-order valence-electron chi connectivity index (χ0n) is 36.2. The van der Waals surface area contributed by atoms with E-state index in [2.05, 4.69) is 11.4 Å². The van der Waals surface area contributed by atoms with Crippen LogP contribution in [0.1, 0.15) is 187 Å². The van der Waals surface area contributed by atoms with Crippen molar-refractivity contribution in [1.82, 2.24) is 0 Å². The summed E-state index contributed by atoms with van der Waals surface area (Å²) < 4.78 is 49.3. The van der Waals surface area contributed by atoms with Crippen LogP contribution in [-0.2, 0) is 41.8 Å². The number of hydrogen-bond donors (Lipinski definition) is 8. The molecule has 8 atom stereocenters. The van der Waals surface area contributed by atoms with E-state index in [0.717, 1.165) is 64.3 Å². The number of carbonyl (C=O) groups is 2. The summed E-state index contributed by atoms with van der Waals surface area (Å²) in [5, 5.41) is 41.2. The molecule has 19 heteroatoms. The quantitative estimate of drug-likeness (QED) is 0.0179. The van der Waals surface area contributed by atoms with Gasteiger partial charge in [0.2, 0.25) is 0 Å². The molecule has 60 heavy (non-hydrogen) atoms. The van der Waals surface area contributed by atoms with Crippen LogP contribution in [0.3, 0.4) is 0 Å². The average molecular weight is 906 g/mol. The number of carbonyl (C=O) groups excluding carboxylic acids is 2. The van der Waals surface area contributed by atoms with Gasteiger partial charge in [0.05, 0.1) is 6.61 Å². The van der Waals surface area contributed by atoms with E-state index in [9.17, 15) is 44.0 Å². The lowest BCUT2D eigenvalue weighted by atomic mass is 9.85. The first-order valence-electron chi connectivity index (χ1n) is 22.8. The Hall–Kier alpha value is -1.04. The van der Waals surface area contributed by atoms with Gasteiger partial charge in [-0.1, -0.05) is 155 Å². The highest BCUT2D eigenvalue weighted by Gasteiger charge is 2.54. The molecule has 9 N–H and O–H groups in total. The molecule has 0 heterocycles. The van der Waals surface area contributed by atoms with E-state index >= 15 is 0 Å². The van der Waals surface area contributed by atoms with Gasteiger partial charge in [-0.05, 0) is 25.8 Å². The van der Waals surface area contributed by atoms with Crippen LogP contribution in [0.2, 0.25) is 0 Å². The lowest BCUT2D eigenvalue weighted by Gasteiger charge is -2.43. The lowest BCUT2D eigenvalue weighted by Crippen LogP contribution is -2.64. The van der Waals surface area contributed by atoms with Crippen molar-refractivity contribution in [2.24, 2.45) is 5.73 Å². The van der Waals surface area contributed by atoms with Gasteiger partial charge in [-0.2, -0.15) is 0 Å². The minimum absolute atomic E-state index is 0.0480. The SMILES string of the molecule is CCCCCCCCCCCCCCCC(=O)O[C@H](COC(=O)CCCCCCCCCCCCCCCN)COP(=O)(O)OC1C(O)[C@@H](OP(=O)(O)O)C(O)[C@@H](O)[C@H]1O. The van der Waals surface area contributed by atoms with E-state index in [4.69, 9.17) is 34.0 Å². The van der Waals surface area contributed by atoms with E-state index in [1.54, 1.807) is 0 Å². The summed E-state index contributed by atoms with van der Waals surface area (Å²) >= 11 is 0. The molecule has 0 aromatic heterocycles. The van der Waals surface area contributed by atoms with Gasteiger partial charge < -0.3 is 50.3 Å². The number of rotatable bonds is 39. The molecule has 0 amide bonds. The number of ether oxygens (including phenoxy) is 2. The largest absolute Gasteiger partial charge is 0.472 e. The van der Waals surface area contributed by atoms with Gasteiger partial charge in [0.25, 0.3) is 0 Å². The fourth-order valence-corrected chi connectivity index (χ4v) is 8.75. The Morgan fingerprint density at radius 3 is 1.32 bits per heavy atom. The third kappa shape index (κ3) is 28.6. The molecule has 1 rings (SSSR count). The molecule has 0 spiro atoms. The average Bonchev–Trinajstić information content (AvgIpc) is 3.20. The number of esters is 2. The van der Waals surface area contributed by atoms with Crippen molar-refractivity contribution in [3.8, 4) is 0 Å². The van der Waals surface area contributed by atoms with Crippen LogP contribution >= 0.6 is 15.6 Å². The summed E-state index contributed by atoms with van der Waals surface area (Å²) in [7, 11) is -10.7. The molecule has 0 aromatic rings. The summed E-state index contributed by atoms with van der Waals surface area (Å²) in [5.41, 5.74) is 5.53. The van der Waals surface area contributed by atoms with Gasteiger partial charge in [0.15, 0.2) is 6.10 Å². The van der Waals surface area contributed by atoms with Crippen molar-refractivity contribution < 1.29 is 76.9 Å². The normalized spacial score (nSPS) is 22.4. The van der Waals surface area contributed by atoms with Crippen LogP contribution in [0, 0.1) is 0 Å². The number of phosphoric ester groups is 2. The minimum atomic E-state index is -5.36. The number of nitrogens with two attached hydrogens (primary N) is 1. The fraction of sp³-hybridized carbons (Fsp3) is 0.951. The molecule has 0 aromatic carbocycles. The molecule has 1 aliphatic rings. The van der Waals surface area contributed by atoms with Gasteiger partial charge in [-0.25, -0.2) is 9.13 Å². The van der Waals surface area contributed by atoms with Crippen molar-refractivity contribution >= 4 is 27.6 Å². The highest BCUT2D eigenvalue weighted by atomic mass is 31.2. The molecule has 1 fully saturated rings. The van der Waals surface area contributed by atoms with Crippen LogP contribution in [0.5, 0.6) is 0 Å². The molecule has 356 valence electrons. The number of hydrogen-bond acceptors (Lipinski definition) is 14.